The molecule has 1 heterocycles. The van der Waals surface area contributed by atoms with E-state index in [0.29, 0.717) is 23.4 Å². The minimum Gasteiger partial charge on any atom is -0.351 e. The highest BCUT2D eigenvalue weighted by molar-refractivity contribution is 6.04. The van der Waals surface area contributed by atoms with E-state index in [-0.39, 0.29) is 11.8 Å². The molecule has 6 nitrogen and oxygen atoms in total. The number of pyridine rings is 1. The second-order valence-electron chi connectivity index (χ2n) is 5.56. The molecule has 0 radical (unpaired) electrons. The van der Waals surface area contributed by atoms with Crippen molar-refractivity contribution in [1.82, 2.24) is 15.2 Å². The fraction of sp³-hybridized carbons (Fsp3) is 0.316. The number of likely N-dealkylation sites (N-methyl/N-ethyl adjacent to an activating group) is 1. The summed E-state index contributed by atoms with van der Waals surface area (Å²) in [6.07, 6.45) is 3.12. The van der Waals surface area contributed by atoms with Gasteiger partial charge in [-0.05, 0) is 49.5 Å². The Bertz CT molecular complexity index is 682. The van der Waals surface area contributed by atoms with E-state index < -0.39 is 0 Å². The highest BCUT2D eigenvalue weighted by Crippen LogP contribution is 2.11. The normalized spacial score (nSPS) is 10.5. The van der Waals surface area contributed by atoms with Crippen LogP contribution in [0.15, 0.2) is 48.8 Å². The van der Waals surface area contributed by atoms with Crippen molar-refractivity contribution < 1.29 is 9.59 Å². The molecule has 2 amide bonds. The molecule has 6 heteroatoms. The Hall–Kier alpha value is -2.73. The summed E-state index contributed by atoms with van der Waals surface area (Å²) in [6, 6.07) is 10.2. The van der Waals surface area contributed by atoms with Crippen LogP contribution < -0.4 is 10.6 Å². The van der Waals surface area contributed by atoms with E-state index in [1.165, 1.54) is 6.20 Å². The molecule has 0 atom stereocenters. The number of hydrogen-bond acceptors (Lipinski definition) is 4. The summed E-state index contributed by atoms with van der Waals surface area (Å²) in [4.78, 5) is 30.4. The number of carbonyl (C=O) groups excluding carboxylic acids is 2. The van der Waals surface area contributed by atoms with Crippen molar-refractivity contribution in [3.63, 3.8) is 0 Å². The lowest BCUT2D eigenvalue weighted by molar-refractivity contribution is 0.0948. The smallest absolute Gasteiger partial charge is 0.257 e. The van der Waals surface area contributed by atoms with Crippen molar-refractivity contribution in [3.05, 3.63) is 59.9 Å². The standard InChI is InChI=1S/C19H24N4O2/c1-3-23(4-2)13-12-21-18(24)15-7-9-17(10-8-15)22-19(25)16-6-5-11-20-14-16/h5-11,14H,3-4,12-13H2,1-2H3,(H,21,24)(H,22,25). The largest absolute Gasteiger partial charge is 0.351 e. The topological polar surface area (TPSA) is 74.3 Å². The van der Waals surface area contributed by atoms with Gasteiger partial charge in [0.1, 0.15) is 0 Å². The third-order valence-electron chi connectivity index (χ3n) is 3.94. The van der Waals surface area contributed by atoms with Crippen molar-refractivity contribution in [1.29, 1.82) is 0 Å². The van der Waals surface area contributed by atoms with E-state index in [1.807, 2.05) is 0 Å². The molecule has 1 aromatic carbocycles. The molecule has 0 unspecified atom stereocenters. The van der Waals surface area contributed by atoms with Gasteiger partial charge in [0.15, 0.2) is 0 Å². The molecule has 132 valence electrons. The average molecular weight is 340 g/mol. The van der Waals surface area contributed by atoms with Crippen molar-refractivity contribution in [2.75, 3.05) is 31.5 Å². The molecule has 2 rings (SSSR count). The molecule has 0 aliphatic rings. The van der Waals surface area contributed by atoms with Crippen LogP contribution in [0.5, 0.6) is 0 Å². The Morgan fingerprint density at radius 2 is 1.72 bits per heavy atom. The maximum atomic E-state index is 12.1. The number of aromatic nitrogens is 1. The lowest BCUT2D eigenvalue weighted by atomic mass is 10.2. The molecule has 0 saturated heterocycles. The number of amides is 2. The van der Waals surface area contributed by atoms with Gasteiger partial charge in [-0.15, -0.1) is 0 Å². The zero-order chi connectivity index (χ0) is 18.1. The van der Waals surface area contributed by atoms with Crippen LogP contribution in [0.3, 0.4) is 0 Å². The van der Waals surface area contributed by atoms with E-state index in [2.05, 4.69) is 34.4 Å². The quantitative estimate of drug-likeness (QED) is 0.774. The van der Waals surface area contributed by atoms with Gasteiger partial charge in [-0.2, -0.15) is 0 Å². The SMILES string of the molecule is CCN(CC)CCNC(=O)c1ccc(NC(=O)c2cccnc2)cc1. The van der Waals surface area contributed by atoms with Crippen molar-refractivity contribution in [2.24, 2.45) is 0 Å². The molecule has 0 bridgehead atoms. The first-order valence-corrected chi connectivity index (χ1v) is 8.46. The Kier molecular flexibility index (Phi) is 7.10. The minimum atomic E-state index is -0.232. The number of anilines is 1. The van der Waals surface area contributed by atoms with Gasteiger partial charge in [0.2, 0.25) is 0 Å². The van der Waals surface area contributed by atoms with Gasteiger partial charge in [0.05, 0.1) is 5.56 Å². The van der Waals surface area contributed by atoms with Gasteiger partial charge in [-0.25, -0.2) is 0 Å². The molecule has 2 N–H and O–H groups in total. The zero-order valence-corrected chi connectivity index (χ0v) is 14.7. The predicted octanol–water partition coefficient (Wildman–Crippen LogP) is 2.41. The third-order valence-corrected chi connectivity index (χ3v) is 3.94. The Morgan fingerprint density at radius 1 is 1.00 bits per heavy atom. The highest BCUT2D eigenvalue weighted by atomic mass is 16.2. The third kappa shape index (κ3) is 5.69. The molecule has 0 saturated carbocycles. The van der Waals surface area contributed by atoms with Crippen LogP contribution >= 0.6 is 0 Å². The molecule has 25 heavy (non-hydrogen) atoms. The number of carbonyl (C=O) groups is 2. The molecular weight excluding hydrogens is 316 g/mol. The van der Waals surface area contributed by atoms with Crippen LogP contribution in [0, 0.1) is 0 Å². The average Bonchev–Trinajstić information content (AvgIpc) is 2.66. The Labute approximate surface area is 148 Å². The summed E-state index contributed by atoms with van der Waals surface area (Å²) in [5.41, 5.74) is 1.69. The number of nitrogens with zero attached hydrogens (tertiary/aromatic N) is 2. The van der Waals surface area contributed by atoms with Crippen molar-refractivity contribution in [3.8, 4) is 0 Å². The summed E-state index contributed by atoms with van der Waals surface area (Å²) in [7, 11) is 0. The second-order valence-corrected chi connectivity index (χ2v) is 5.56. The van der Waals surface area contributed by atoms with Gasteiger partial charge < -0.3 is 15.5 Å². The number of rotatable bonds is 8. The lowest BCUT2D eigenvalue weighted by Gasteiger charge is -2.17. The summed E-state index contributed by atoms with van der Waals surface area (Å²) in [6.45, 7) is 7.58. The summed E-state index contributed by atoms with van der Waals surface area (Å²) < 4.78 is 0. The van der Waals surface area contributed by atoms with Gasteiger partial charge >= 0.3 is 0 Å². The van der Waals surface area contributed by atoms with Crippen molar-refractivity contribution in [2.45, 2.75) is 13.8 Å². The number of hydrogen-bond donors (Lipinski definition) is 2. The molecule has 0 aliphatic heterocycles. The van der Waals surface area contributed by atoms with E-state index in [9.17, 15) is 9.59 Å². The maximum Gasteiger partial charge on any atom is 0.257 e. The molecular formula is C19H24N4O2. The van der Waals surface area contributed by atoms with E-state index in [4.69, 9.17) is 0 Å². The molecule has 1 aromatic heterocycles. The maximum absolute atomic E-state index is 12.1. The summed E-state index contributed by atoms with van der Waals surface area (Å²) in [5.74, 6) is -0.346. The van der Waals surface area contributed by atoms with Crippen LogP contribution in [-0.2, 0) is 0 Å². The zero-order valence-electron chi connectivity index (χ0n) is 14.7. The van der Waals surface area contributed by atoms with E-state index in [0.717, 1.165) is 19.6 Å². The van der Waals surface area contributed by atoms with Crippen LogP contribution in [-0.4, -0.2) is 47.9 Å². The Balaban J connectivity index is 1.86. The van der Waals surface area contributed by atoms with E-state index in [1.54, 1.807) is 42.6 Å². The van der Waals surface area contributed by atoms with Crippen LogP contribution in [0.25, 0.3) is 0 Å². The van der Waals surface area contributed by atoms with Crippen molar-refractivity contribution >= 4 is 17.5 Å². The fourth-order valence-corrected chi connectivity index (χ4v) is 2.37. The predicted molar refractivity (Wildman–Crippen MR) is 98.8 cm³/mol. The minimum absolute atomic E-state index is 0.114. The van der Waals surface area contributed by atoms with Crippen LogP contribution in [0.4, 0.5) is 5.69 Å². The Morgan fingerprint density at radius 3 is 2.32 bits per heavy atom. The summed E-state index contributed by atoms with van der Waals surface area (Å²) in [5, 5.41) is 5.69. The van der Waals surface area contributed by atoms with Gasteiger partial charge in [0, 0.05) is 36.7 Å². The van der Waals surface area contributed by atoms with E-state index >= 15 is 0 Å². The molecule has 2 aromatic rings. The number of benzene rings is 1. The van der Waals surface area contributed by atoms with Gasteiger partial charge in [-0.3, -0.25) is 14.6 Å². The number of nitrogens with one attached hydrogen (secondary N) is 2. The first-order valence-electron chi connectivity index (χ1n) is 8.46. The van der Waals surface area contributed by atoms with Crippen LogP contribution in [0.1, 0.15) is 34.6 Å². The van der Waals surface area contributed by atoms with Gasteiger partial charge in [-0.1, -0.05) is 13.8 Å². The summed E-state index contributed by atoms with van der Waals surface area (Å²) >= 11 is 0. The van der Waals surface area contributed by atoms with Gasteiger partial charge in [0.25, 0.3) is 11.8 Å². The highest BCUT2D eigenvalue weighted by Gasteiger charge is 2.08. The van der Waals surface area contributed by atoms with Crippen LogP contribution in [0.2, 0.25) is 0 Å². The molecule has 0 spiro atoms. The lowest BCUT2D eigenvalue weighted by Crippen LogP contribution is -2.34. The first-order chi connectivity index (χ1) is 12.1. The second kappa shape index (κ2) is 9.54. The molecule has 0 aliphatic carbocycles. The monoisotopic (exact) mass is 340 g/mol. The fourth-order valence-electron chi connectivity index (χ4n) is 2.37. The molecule has 0 fully saturated rings. The first kappa shape index (κ1) is 18.6.